The number of nitrogen functional groups attached to an aromatic ring is 1. The molecule has 8 nitrogen and oxygen atoms in total. The lowest BCUT2D eigenvalue weighted by atomic mass is 9.83. The van der Waals surface area contributed by atoms with Gasteiger partial charge in [0.1, 0.15) is 18.3 Å². The number of hydrogen-bond donors (Lipinski definition) is 1. The van der Waals surface area contributed by atoms with Crippen LogP contribution in [0.2, 0.25) is 0 Å². The average molecular weight is 315 g/mol. The molecule has 0 aromatic carbocycles. The maximum Gasteiger partial charge on any atom is 0.220 e. The van der Waals surface area contributed by atoms with E-state index in [9.17, 15) is 0 Å². The van der Waals surface area contributed by atoms with Crippen LogP contribution in [-0.4, -0.2) is 55.9 Å². The molecule has 2 aliphatic heterocycles. The van der Waals surface area contributed by atoms with Crippen molar-refractivity contribution in [2.24, 2.45) is 0 Å². The monoisotopic (exact) mass is 315 g/mol. The van der Waals surface area contributed by atoms with Crippen LogP contribution < -0.4 is 5.73 Å². The Balaban J connectivity index is 1.44. The summed E-state index contributed by atoms with van der Waals surface area (Å²) in [6.07, 6.45) is 7.93. The second-order valence-electron chi connectivity index (χ2n) is 6.19. The van der Waals surface area contributed by atoms with E-state index in [0.29, 0.717) is 5.95 Å². The lowest BCUT2D eigenvalue weighted by molar-refractivity contribution is -0.101. The molecule has 1 fully saturated rings. The van der Waals surface area contributed by atoms with Crippen molar-refractivity contribution in [1.82, 2.24) is 29.6 Å². The van der Waals surface area contributed by atoms with Gasteiger partial charge >= 0.3 is 0 Å². The van der Waals surface area contributed by atoms with E-state index in [2.05, 4.69) is 25.0 Å². The van der Waals surface area contributed by atoms with E-state index in [0.717, 1.165) is 57.7 Å². The number of likely N-dealkylation sites (tertiary alicyclic amines) is 1. The van der Waals surface area contributed by atoms with Gasteiger partial charge < -0.3 is 15.4 Å². The van der Waals surface area contributed by atoms with Crippen LogP contribution in [0.1, 0.15) is 24.1 Å². The Hall–Kier alpha value is -2.06. The fourth-order valence-corrected chi connectivity index (χ4v) is 3.53. The summed E-state index contributed by atoms with van der Waals surface area (Å²) in [5.41, 5.74) is 7.70. The number of rotatable bonds is 3. The van der Waals surface area contributed by atoms with Gasteiger partial charge in [-0.05, 0) is 24.8 Å². The number of anilines is 1. The van der Waals surface area contributed by atoms with E-state index in [1.165, 1.54) is 5.56 Å². The molecule has 4 heterocycles. The molecule has 1 saturated heterocycles. The van der Waals surface area contributed by atoms with Crippen molar-refractivity contribution >= 4 is 5.95 Å². The fourth-order valence-electron chi connectivity index (χ4n) is 3.53. The van der Waals surface area contributed by atoms with Crippen molar-refractivity contribution in [3.63, 3.8) is 0 Å². The summed E-state index contributed by atoms with van der Waals surface area (Å²) in [5, 5.41) is 4.15. The van der Waals surface area contributed by atoms with Crippen molar-refractivity contribution in [3.8, 4) is 0 Å². The van der Waals surface area contributed by atoms with Gasteiger partial charge in [0.25, 0.3) is 0 Å². The Bertz CT molecular complexity index is 664. The van der Waals surface area contributed by atoms with E-state index >= 15 is 0 Å². The molecule has 2 N–H and O–H groups in total. The minimum atomic E-state index is -0.283. The van der Waals surface area contributed by atoms with Gasteiger partial charge in [-0.25, -0.2) is 15.0 Å². The van der Waals surface area contributed by atoms with Gasteiger partial charge in [0, 0.05) is 25.8 Å². The van der Waals surface area contributed by atoms with Gasteiger partial charge in [-0.2, -0.15) is 5.10 Å². The van der Waals surface area contributed by atoms with Crippen molar-refractivity contribution in [3.05, 3.63) is 30.1 Å². The van der Waals surface area contributed by atoms with E-state index in [1.807, 2.05) is 10.9 Å². The molecule has 4 rings (SSSR count). The predicted octanol–water partition coefficient (Wildman–Crippen LogP) is 0.214. The molecule has 0 amide bonds. The van der Waals surface area contributed by atoms with Crippen LogP contribution >= 0.6 is 0 Å². The summed E-state index contributed by atoms with van der Waals surface area (Å²) in [7, 11) is 0. The van der Waals surface area contributed by atoms with Crippen molar-refractivity contribution in [2.75, 3.05) is 32.0 Å². The third-order valence-electron chi connectivity index (χ3n) is 4.84. The number of nitrogens with two attached hydrogens (primary N) is 1. The lowest BCUT2D eigenvalue weighted by Gasteiger charge is -2.44. The molecule has 0 bridgehead atoms. The van der Waals surface area contributed by atoms with E-state index in [-0.39, 0.29) is 5.60 Å². The molecule has 0 atom stereocenters. The molecule has 0 aliphatic carbocycles. The van der Waals surface area contributed by atoms with Gasteiger partial charge in [0.05, 0.1) is 18.8 Å². The molecule has 0 unspecified atom stereocenters. The molecular formula is C15H21N7O. The second-order valence-corrected chi connectivity index (χ2v) is 6.19. The fraction of sp³-hybridized carbons (Fsp3) is 0.600. The molecular weight excluding hydrogens is 294 g/mol. The van der Waals surface area contributed by atoms with Crippen molar-refractivity contribution in [2.45, 2.75) is 31.4 Å². The highest BCUT2D eigenvalue weighted by atomic mass is 16.5. The van der Waals surface area contributed by atoms with E-state index in [1.54, 1.807) is 12.7 Å². The Morgan fingerprint density at radius 2 is 2.13 bits per heavy atom. The summed E-state index contributed by atoms with van der Waals surface area (Å²) in [6.45, 7) is 4.53. The molecule has 1 spiro atoms. The third-order valence-corrected chi connectivity index (χ3v) is 4.84. The number of piperidine rings is 1. The molecule has 2 aromatic rings. The lowest BCUT2D eigenvalue weighted by Crippen LogP contribution is -2.47. The zero-order valence-corrected chi connectivity index (χ0v) is 13.1. The SMILES string of the molecule is Nc1ncc2c(n1)C1(CCN(CCn3cncn3)CC1)OCC2. The van der Waals surface area contributed by atoms with Crippen LogP contribution in [0.4, 0.5) is 5.95 Å². The van der Waals surface area contributed by atoms with Gasteiger partial charge in [0.2, 0.25) is 5.95 Å². The van der Waals surface area contributed by atoms with Gasteiger partial charge in [0.15, 0.2) is 0 Å². The van der Waals surface area contributed by atoms with Crippen LogP contribution in [0.15, 0.2) is 18.9 Å². The number of hydrogen-bond acceptors (Lipinski definition) is 7. The topological polar surface area (TPSA) is 95.0 Å². The minimum Gasteiger partial charge on any atom is -0.368 e. The van der Waals surface area contributed by atoms with Crippen LogP contribution in [-0.2, 0) is 23.3 Å². The van der Waals surface area contributed by atoms with Crippen LogP contribution in [0.3, 0.4) is 0 Å². The normalized spacial score (nSPS) is 20.5. The Morgan fingerprint density at radius 3 is 2.91 bits per heavy atom. The minimum absolute atomic E-state index is 0.283. The summed E-state index contributed by atoms with van der Waals surface area (Å²) in [6, 6.07) is 0. The second kappa shape index (κ2) is 5.86. The highest BCUT2D eigenvalue weighted by Gasteiger charge is 2.42. The van der Waals surface area contributed by atoms with Gasteiger partial charge in [-0.1, -0.05) is 0 Å². The Labute approximate surface area is 134 Å². The standard InChI is InChI=1S/C15H21N7O/c16-14-18-9-12-1-8-23-15(13(12)20-14)2-4-21(5-3-15)6-7-22-11-17-10-19-22/h9-11H,1-8H2,(H2,16,18,20). The molecule has 122 valence electrons. The van der Waals surface area contributed by atoms with E-state index < -0.39 is 0 Å². The molecule has 0 radical (unpaired) electrons. The highest BCUT2D eigenvalue weighted by Crippen LogP contribution is 2.40. The number of ether oxygens (including phenoxy) is 1. The largest absolute Gasteiger partial charge is 0.368 e. The highest BCUT2D eigenvalue weighted by molar-refractivity contribution is 5.32. The van der Waals surface area contributed by atoms with Crippen LogP contribution in [0, 0.1) is 0 Å². The van der Waals surface area contributed by atoms with Gasteiger partial charge in [-0.15, -0.1) is 0 Å². The number of fused-ring (bicyclic) bond motifs is 2. The number of aromatic nitrogens is 5. The maximum absolute atomic E-state index is 6.19. The zero-order chi connectivity index (χ0) is 15.7. The van der Waals surface area contributed by atoms with Crippen LogP contribution in [0.5, 0.6) is 0 Å². The van der Waals surface area contributed by atoms with Crippen molar-refractivity contribution < 1.29 is 4.74 Å². The molecule has 2 aliphatic rings. The Kier molecular flexibility index (Phi) is 3.70. The predicted molar refractivity (Wildman–Crippen MR) is 83.5 cm³/mol. The summed E-state index contributed by atoms with van der Waals surface area (Å²) in [4.78, 5) is 15.0. The Morgan fingerprint density at radius 1 is 1.26 bits per heavy atom. The summed E-state index contributed by atoms with van der Waals surface area (Å²) >= 11 is 0. The smallest absolute Gasteiger partial charge is 0.220 e. The molecule has 2 aromatic heterocycles. The number of nitrogens with zero attached hydrogens (tertiary/aromatic N) is 6. The first-order valence-corrected chi connectivity index (χ1v) is 8.06. The van der Waals surface area contributed by atoms with E-state index in [4.69, 9.17) is 10.5 Å². The summed E-state index contributed by atoms with van der Waals surface area (Å²) < 4.78 is 8.05. The average Bonchev–Trinajstić information content (AvgIpc) is 3.09. The molecule has 0 saturated carbocycles. The first kappa shape index (κ1) is 14.5. The van der Waals surface area contributed by atoms with Crippen molar-refractivity contribution in [1.29, 1.82) is 0 Å². The van der Waals surface area contributed by atoms with Gasteiger partial charge in [-0.3, -0.25) is 4.68 Å². The summed E-state index contributed by atoms with van der Waals surface area (Å²) in [5.74, 6) is 0.335. The quantitative estimate of drug-likeness (QED) is 0.865. The maximum atomic E-state index is 6.19. The van der Waals surface area contributed by atoms with Crippen LogP contribution in [0.25, 0.3) is 0 Å². The first-order chi connectivity index (χ1) is 11.3. The molecule has 8 heteroatoms. The zero-order valence-electron chi connectivity index (χ0n) is 13.1. The third kappa shape index (κ3) is 2.79. The molecule has 23 heavy (non-hydrogen) atoms. The first-order valence-electron chi connectivity index (χ1n) is 8.06.